The summed E-state index contributed by atoms with van der Waals surface area (Å²) in [5.74, 6) is 0.447. The lowest BCUT2D eigenvalue weighted by Crippen LogP contribution is -2.31. The van der Waals surface area contributed by atoms with Crippen molar-refractivity contribution < 1.29 is 17.9 Å². The molecule has 0 aliphatic heterocycles. The van der Waals surface area contributed by atoms with Crippen molar-refractivity contribution in [1.29, 1.82) is 0 Å². The molecule has 1 aliphatic rings. The van der Waals surface area contributed by atoms with E-state index in [0.717, 1.165) is 28.6 Å². The number of ether oxygens (including phenoxy) is 1. The molecule has 1 aromatic heterocycles. The SMILES string of the molecule is COc1ccc2sc(N(Cc3ccccc3)C(=O)c3ccc(S(=O)(=O)N(C)C4CC4)cc3)nc2c1. The zero-order valence-corrected chi connectivity index (χ0v) is 21.1. The molecule has 1 aliphatic carbocycles. The minimum absolute atomic E-state index is 0.0698. The van der Waals surface area contributed by atoms with Crippen molar-refractivity contribution in [1.82, 2.24) is 9.29 Å². The summed E-state index contributed by atoms with van der Waals surface area (Å²) < 4.78 is 33.4. The Morgan fingerprint density at radius 1 is 1.06 bits per heavy atom. The van der Waals surface area contributed by atoms with E-state index < -0.39 is 10.0 Å². The van der Waals surface area contributed by atoms with Crippen molar-refractivity contribution in [3.8, 4) is 5.75 Å². The summed E-state index contributed by atoms with van der Waals surface area (Å²) in [5.41, 5.74) is 2.11. The first kappa shape index (κ1) is 23.5. The molecule has 180 valence electrons. The van der Waals surface area contributed by atoms with E-state index in [1.807, 2.05) is 48.5 Å². The number of anilines is 1. The summed E-state index contributed by atoms with van der Waals surface area (Å²) in [4.78, 5) is 20.2. The van der Waals surface area contributed by atoms with Gasteiger partial charge < -0.3 is 4.74 Å². The van der Waals surface area contributed by atoms with Crippen molar-refractivity contribution in [2.75, 3.05) is 19.1 Å². The molecule has 35 heavy (non-hydrogen) atoms. The fraction of sp³-hybridized carbons (Fsp3) is 0.231. The second kappa shape index (κ2) is 9.41. The lowest BCUT2D eigenvalue weighted by Gasteiger charge is -2.21. The topological polar surface area (TPSA) is 79.8 Å². The Morgan fingerprint density at radius 2 is 1.77 bits per heavy atom. The van der Waals surface area contributed by atoms with Crippen LogP contribution in [0, 0.1) is 0 Å². The molecule has 4 aromatic rings. The van der Waals surface area contributed by atoms with Crippen LogP contribution in [0.25, 0.3) is 10.2 Å². The molecule has 5 rings (SSSR count). The fourth-order valence-corrected chi connectivity index (χ4v) is 6.22. The van der Waals surface area contributed by atoms with Crippen molar-refractivity contribution >= 4 is 42.6 Å². The van der Waals surface area contributed by atoms with E-state index in [-0.39, 0.29) is 16.8 Å². The third kappa shape index (κ3) is 4.80. The number of amides is 1. The molecule has 7 nitrogen and oxygen atoms in total. The van der Waals surface area contributed by atoms with Gasteiger partial charge in [0.25, 0.3) is 5.91 Å². The van der Waals surface area contributed by atoms with Crippen LogP contribution in [0.2, 0.25) is 0 Å². The largest absolute Gasteiger partial charge is 0.497 e. The van der Waals surface area contributed by atoms with Gasteiger partial charge in [0.2, 0.25) is 10.0 Å². The van der Waals surface area contributed by atoms with Crippen LogP contribution in [-0.4, -0.2) is 43.8 Å². The predicted molar refractivity (Wildman–Crippen MR) is 138 cm³/mol. The smallest absolute Gasteiger partial charge is 0.260 e. The monoisotopic (exact) mass is 507 g/mol. The molecule has 0 atom stereocenters. The summed E-state index contributed by atoms with van der Waals surface area (Å²) in [6.45, 7) is 0.334. The minimum atomic E-state index is -3.58. The lowest BCUT2D eigenvalue weighted by atomic mass is 10.1. The molecule has 0 bridgehead atoms. The Kier molecular flexibility index (Phi) is 6.31. The number of rotatable bonds is 8. The number of thiazole rings is 1. The van der Waals surface area contributed by atoms with Gasteiger partial charge in [-0.05, 0) is 54.8 Å². The summed E-state index contributed by atoms with van der Waals surface area (Å²) in [6, 6.07) is 21.6. The highest BCUT2D eigenvalue weighted by atomic mass is 32.2. The van der Waals surface area contributed by atoms with Gasteiger partial charge in [-0.3, -0.25) is 9.69 Å². The standard InChI is InChI=1S/C26H25N3O4S2/c1-28(20-10-11-20)35(31,32)22-13-8-19(9-14-22)25(30)29(17-18-6-4-3-5-7-18)26-27-23-16-21(33-2)12-15-24(23)34-26/h3-9,12-16,20H,10-11,17H2,1-2H3. The first-order chi connectivity index (χ1) is 16.9. The maximum atomic E-state index is 13.7. The Bertz CT molecular complexity index is 1460. The van der Waals surface area contributed by atoms with Crippen LogP contribution < -0.4 is 9.64 Å². The molecule has 0 N–H and O–H groups in total. The number of aromatic nitrogens is 1. The van der Waals surface area contributed by atoms with Gasteiger partial charge in [-0.1, -0.05) is 41.7 Å². The van der Waals surface area contributed by atoms with E-state index in [1.165, 1.54) is 27.8 Å². The van der Waals surface area contributed by atoms with E-state index >= 15 is 0 Å². The Labute approximate surface area is 208 Å². The number of carbonyl (C=O) groups is 1. The third-order valence-corrected chi connectivity index (χ3v) is 9.07. The van der Waals surface area contributed by atoms with E-state index in [2.05, 4.69) is 0 Å². The number of sulfonamides is 1. The van der Waals surface area contributed by atoms with E-state index in [9.17, 15) is 13.2 Å². The normalized spacial score (nSPS) is 13.8. The first-order valence-electron chi connectivity index (χ1n) is 11.3. The molecule has 3 aromatic carbocycles. The number of nitrogens with zero attached hydrogens (tertiary/aromatic N) is 3. The first-order valence-corrected chi connectivity index (χ1v) is 13.5. The number of carbonyl (C=O) groups excluding carboxylic acids is 1. The Hall–Kier alpha value is -3.27. The molecule has 1 amide bonds. The van der Waals surface area contributed by atoms with Gasteiger partial charge >= 0.3 is 0 Å². The molecule has 0 radical (unpaired) electrons. The number of benzene rings is 3. The van der Waals surface area contributed by atoms with Crippen LogP contribution in [0.1, 0.15) is 28.8 Å². The number of fused-ring (bicyclic) bond motifs is 1. The fourth-order valence-electron chi connectivity index (χ4n) is 3.86. The minimum Gasteiger partial charge on any atom is -0.497 e. The van der Waals surface area contributed by atoms with Gasteiger partial charge in [0.05, 0.1) is 28.8 Å². The Balaban J connectivity index is 1.48. The zero-order valence-electron chi connectivity index (χ0n) is 19.4. The van der Waals surface area contributed by atoms with Crippen molar-refractivity contribution in [2.24, 2.45) is 0 Å². The summed E-state index contributed by atoms with van der Waals surface area (Å²) in [5, 5.41) is 0.562. The van der Waals surface area contributed by atoms with Gasteiger partial charge in [0.15, 0.2) is 5.13 Å². The lowest BCUT2D eigenvalue weighted by molar-refractivity contribution is 0.0985. The number of hydrogen-bond acceptors (Lipinski definition) is 6. The Morgan fingerprint density at radius 3 is 2.43 bits per heavy atom. The highest BCUT2D eigenvalue weighted by Crippen LogP contribution is 2.33. The van der Waals surface area contributed by atoms with Crippen molar-refractivity contribution in [3.63, 3.8) is 0 Å². The second-order valence-electron chi connectivity index (χ2n) is 8.48. The average molecular weight is 508 g/mol. The third-order valence-electron chi connectivity index (χ3n) is 6.08. The highest BCUT2D eigenvalue weighted by molar-refractivity contribution is 7.89. The van der Waals surface area contributed by atoms with Crippen LogP contribution in [0.15, 0.2) is 77.7 Å². The van der Waals surface area contributed by atoms with Crippen LogP contribution in [-0.2, 0) is 16.6 Å². The van der Waals surface area contributed by atoms with Crippen LogP contribution >= 0.6 is 11.3 Å². The van der Waals surface area contributed by atoms with Crippen molar-refractivity contribution in [2.45, 2.75) is 30.3 Å². The number of hydrogen-bond donors (Lipinski definition) is 0. The molecule has 1 saturated carbocycles. The second-order valence-corrected chi connectivity index (χ2v) is 11.5. The highest BCUT2D eigenvalue weighted by Gasteiger charge is 2.35. The van der Waals surface area contributed by atoms with Gasteiger partial charge in [-0.2, -0.15) is 4.31 Å². The predicted octanol–water partition coefficient (Wildman–Crippen LogP) is 4.93. The maximum absolute atomic E-state index is 13.7. The van der Waals surface area contributed by atoms with E-state index in [1.54, 1.807) is 31.2 Å². The number of methoxy groups -OCH3 is 1. The molecule has 1 heterocycles. The molecular weight excluding hydrogens is 482 g/mol. The molecule has 9 heteroatoms. The van der Waals surface area contributed by atoms with E-state index in [0.29, 0.717) is 23.0 Å². The molecule has 1 fully saturated rings. The molecule has 0 unspecified atom stereocenters. The van der Waals surface area contributed by atoms with Gasteiger partial charge in [-0.25, -0.2) is 13.4 Å². The van der Waals surface area contributed by atoms with Gasteiger partial charge in [0.1, 0.15) is 5.75 Å². The van der Waals surface area contributed by atoms with Gasteiger partial charge in [-0.15, -0.1) is 0 Å². The summed E-state index contributed by atoms with van der Waals surface area (Å²) in [6.07, 6.45) is 1.77. The van der Waals surface area contributed by atoms with Crippen molar-refractivity contribution in [3.05, 3.63) is 83.9 Å². The summed E-state index contributed by atoms with van der Waals surface area (Å²) >= 11 is 1.42. The quantitative estimate of drug-likeness (QED) is 0.338. The average Bonchev–Trinajstić information content (AvgIpc) is 3.65. The molecule has 0 spiro atoms. The van der Waals surface area contributed by atoms with Gasteiger partial charge in [0, 0.05) is 24.7 Å². The summed E-state index contributed by atoms with van der Waals surface area (Å²) in [7, 11) is -0.367. The van der Waals surface area contributed by atoms with Crippen LogP contribution in [0.4, 0.5) is 5.13 Å². The van der Waals surface area contributed by atoms with Crippen LogP contribution in [0.3, 0.4) is 0 Å². The zero-order chi connectivity index (χ0) is 24.6. The van der Waals surface area contributed by atoms with Crippen LogP contribution in [0.5, 0.6) is 5.75 Å². The van der Waals surface area contributed by atoms with E-state index in [4.69, 9.17) is 9.72 Å². The molecule has 0 saturated heterocycles. The molecular formula is C26H25N3O4S2. The maximum Gasteiger partial charge on any atom is 0.260 e.